The molecular formula is C23H31N3O3. The SMILES string of the molecule is CC(C)(C)CC(C)(C)c1ccc(OCC(=O)NNC(=O)Nc2ccccc2)cc1. The normalized spacial score (nSPS) is 11.5. The van der Waals surface area contributed by atoms with Crippen molar-refractivity contribution in [3.05, 3.63) is 60.2 Å². The lowest BCUT2D eigenvalue weighted by atomic mass is 9.72. The number of anilines is 1. The number of para-hydroxylation sites is 1. The minimum atomic E-state index is -0.532. The summed E-state index contributed by atoms with van der Waals surface area (Å²) < 4.78 is 5.50. The molecule has 0 aliphatic rings. The van der Waals surface area contributed by atoms with Gasteiger partial charge in [0.15, 0.2) is 6.61 Å². The molecule has 0 unspecified atom stereocenters. The molecule has 0 saturated carbocycles. The second-order valence-corrected chi connectivity index (χ2v) is 8.93. The van der Waals surface area contributed by atoms with E-state index in [4.69, 9.17) is 4.74 Å². The first-order chi connectivity index (χ1) is 13.5. The van der Waals surface area contributed by atoms with Crippen LogP contribution in [0.3, 0.4) is 0 Å². The molecular weight excluding hydrogens is 366 g/mol. The van der Waals surface area contributed by atoms with E-state index in [-0.39, 0.29) is 17.4 Å². The van der Waals surface area contributed by atoms with Crippen molar-refractivity contribution < 1.29 is 14.3 Å². The molecule has 2 rings (SSSR count). The lowest BCUT2D eigenvalue weighted by molar-refractivity contribution is -0.123. The highest BCUT2D eigenvalue weighted by atomic mass is 16.5. The average Bonchev–Trinajstić information content (AvgIpc) is 2.64. The number of hydrogen-bond donors (Lipinski definition) is 3. The molecule has 0 aliphatic heterocycles. The lowest BCUT2D eigenvalue weighted by Gasteiger charge is -2.33. The van der Waals surface area contributed by atoms with Crippen LogP contribution in [0.2, 0.25) is 0 Å². The zero-order valence-electron chi connectivity index (χ0n) is 17.8. The van der Waals surface area contributed by atoms with Crippen LogP contribution in [0.5, 0.6) is 5.75 Å². The van der Waals surface area contributed by atoms with Gasteiger partial charge < -0.3 is 10.1 Å². The van der Waals surface area contributed by atoms with Crippen LogP contribution in [0.25, 0.3) is 0 Å². The summed E-state index contributed by atoms with van der Waals surface area (Å²) in [6.07, 6.45) is 1.05. The van der Waals surface area contributed by atoms with Crippen molar-refractivity contribution >= 4 is 17.6 Å². The maximum absolute atomic E-state index is 11.9. The molecule has 0 spiro atoms. The van der Waals surface area contributed by atoms with Crippen molar-refractivity contribution in [3.8, 4) is 5.75 Å². The summed E-state index contributed by atoms with van der Waals surface area (Å²) in [5.41, 5.74) is 6.73. The zero-order chi connectivity index (χ0) is 21.5. The second kappa shape index (κ2) is 9.45. The van der Waals surface area contributed by atoms with E-state index in [2.05, 4.69) is 50.8 Å². The van der Waals surface area contributed by atoms with Crippen LogP contribution in [-0.4, -0.2) is 18.5 Å². The molecule has 0 aliphatic carbocycles. The van der Waals surface area contributed by atoms with Gasteiger partial charge in [-0.05, 0) is 47.1 Å². The standard InChI is InChI=1S/C23H31N3O3/c1-22(2,3)16-23(4,5)17-11-13-19(14-12-17)29-15-20(27)25-26-21(28)24-18-9-7-6-8-10-18/h6-14H,15-16H2,1-5H3,(H,25,27)(H2,24,26,28). The first kappa shape index (κ1) is 22.3. The van der Waals surface area contributed by atoms with Gasteiger partial charge in [-0.3, -0.25) is 10.2 Å². The molecule has 3 N–H and O–H groups in total. The zero-order valence-corrected chi connectivity index (χ0v) is 17.8. The average molecular weight is 398 g/mol. The molecule has 6 nitrogen and oxygen atoms in total. The van der Waals surface area contributed by atoms with Crippen molar-refractivity contribution in [2.24, 2.45) is 5.41 Å². The van der Waals surface area contributed by atoms with Crippen LogP contribution >= 0.6 is 0 Å². The number of amides is 3. The van der Waals surface area contributed by atoms with E-state index < -0.39 is 11.9 Å². The first-order valence-corrected chi connectivity index (χ1v) is 9.69. The van der Waals surface area contributed by atoms with Crippen molar-refractivity contribution in [1.29, 1.82) is 0 Å². The number of hydrogen-bond acceptors (Lipinski definition) is 3. The number of hydrazine groups is 1. The highest BCUT2D eigenvalue weighted by Crippen LogP contribution is 2.36. The molecule has 0 aromatic heterocycles. The Morgan fingerprint density at radius 2 is 1.48 bits per heavy atom. The molecule has 2 aromatic carbocycles. The minimum Gasteiger partial charge on any atom is -0.484 e. The third-order valence-corrected chi connectivity index (χ3v) is 4.33. The van der Waals surface area contributed by atoms with E-state index >= 15 is 0 Å². The maximum atomic E-state index is 11.9. The van der Waals surface area contributed by atoms with Gasteiger partial charge in [0.2, 0.25) is 0 Å². The second-order valence-electron chi connectivity index (χ2n) is 8.93. The third-order valence-electron chi connectivity index (χ3n) is 4.33. The van der Waals surface area contributed by atoms with Gasteiger partial charge in [-0.25, -0.2) is 10.2 Å². The molecule has 6 heteroatoms. The highest BCUT2D eigenvalue weighted by molar-refractivity contribution is 5.91. The topological polar surface area (TPSA) is 79.5 Å². The maximum Gasteiger partial charge on any atom is 0.337 e. The Morgan fingerprint density at radius 3 is 2.07 bits per heavy atom. The fourth-order valence-electron chi connectivity index (χ4n) is 3.43. The Balaban J connectivity index is 1.78. The summed E-state index contributed by atoms with van der Waals surface area (Å²) in [5.74, 6) is 0.148. The van der Waals surface area contributed by atoms with E-state index in [0.717, 1.165) is 6.42 Å². The van der Waals surface area contributed by atoms with E-state index in [1.807, 2.05) is 30.3 Å². The summed E-state index contributed by atoms with van der Waals surface area (Å²) in [4.78, 5) is 23.6. The van der Waals surface area contributed by atoms with E-state index in [1.54, 1.807) is 24.3 Å². The monoisotopic (exact) mass is 397 g/mol. The van der Waals surface area contributed by atoms with Crippen molar-refractivity contribution in [1.82, 2.24) is 10.9 Å². The summed E-state index contributed by atoms with van der Waals surface area (Å²) in [6.45, 7) is 11.0. The molecule has 0 heterocycles. The van der Waals surface area contributed by atoms with E-state index in [1.165, 1.54) is 5.56 Å². The largest absolute Gasteiger partial charge is 0.484 e. The molecule has 156 valence electrons. The molecule has 2 aromatic rings. The van der Waals surface area contributed by atoms with Gasteiger partial charge >= 0.3 is 6.03 Å². The van der Waals surface area contributed by atoms with Crippen LogP contribution < -0.4 is 20.9 Å². The smallest absolute Gasteiger partial charge is 0.337 e. The Bertz CT molecular complexity index is 810. The molecule has 0 bridgehead atoms. The molecule has 0 saturated heterocycles. The molecule has 0 atom stereocenters. The van der Waals surface area contributed by atoms with Crippen LogP contribution in [0.1, 0.15) is 46.6 Å². The predicted molar refractivity (Wildman–Crippen MR) is 116 cm³/mol. The number of ether oxygens (including phenoxy) is 1. The quantitative estimate of drug-likeness (QED) is 0.622. The van der Waals surface area contributed by atoms with Crippen LogP contribution in [0.4, 0.5) is 10.5 Å². The molecule has 3 amide bonds. The Morgan fingerprint density at radius 1 is 0.862 bits per heavy atom. The highest BCUT2D eigenvalue weighted by Gasteiger charge is 2.27. The fourth-order valence-corrected chi connectivity index (χ4v) is 3.43. The van der Waals surface area contributed by atoms with Gasteiger partial charge in [-0.2, -0.15) is 0 Å². The summed E-state index contributed by atoms with van der Waals surface area (Å²) in [7, 11) is 0. The molecule has 0 radical (unpaired) electrons. The summed E-state index contributed by atoms with van der Waals surface area (Å²) >= 11 is 0. The predicted octanol–water partition coefficient (Wildman–Crippen LogP) is 4.63. The summed E-state index contributed by atoms with van der Waals surface area (Å²) in [5, 5.41) is 2.60. The van der Waals surface area contributed by atoms with Gasteiger partial charge in [0.1, 0.15) is 5.75 Å². The number of benzene rings is 2. The lowest BCUT2D eigenvalue weighted by Crippen LogP contribution is -2.45. The first-order valence-electron chi connectivity index (χ1n) is 9.69. The third kappa shape index (κ3) is 7.86. The summed E-state index contributed by atoms with van der Waals surface area (Å²) in [6, 6.07) is 16.2. The van der Waals surface area contributed by atoms with Crippen molar-refractivity contribution in [3.63, 3.8) is 0 Å². The van der Waals surface area contributed by atoms with E-state index in [0.29, 0.717) is 11.4 Å². The van der Waals surface area contributed by atoms with Crippen LogP contribution in [0.15, 0.2) is 54.6 Å². The number of urea groups is 1. The van der Waals surface area contributed by atoms with E-state index in [9.17, 15) is 9.59 Å². The minimum absolute atomic E-state index is 0.0458. The molecule has 0 fully saturated rings. The van der Waals surface area contributed by atoms with Crippen molar-refractivity contribution in [2.75, 3.05) is 11.9 Å². The Kier molecular flexibility index (Phi) is 7.26. The Hall–Kier alpha value is -3.02. The Labute approximate surface area is 173 Å². The van der Waals surface area contributed by atoms with Crippen LogP contribution in [-0.2, 0) is 10.2 Å². The van der Waals surface area contributed by atoms with Gasteiger partial charge in [0, 0.05) is 5.69 Å². The number of rotatable bonds is 6. The van der Waals surface area contributed by atoms with Gasteiger partial charge in [-0.15, -0.1) is 0 Å². The fraction of sp³-hybridized carbons (Fsp3) is 0.391. The van der Waals surface area contributed by atoms with Crippen LogP contribution in [0, 0.1) is 5.41 Å². The van der Waals surface area contributed by atoms with Gasteiger partial charge in [0.05, 0.1) is 0 Å². The number of carbonyl (C=O) groups excluding carboxylic acids is 2. The number of nitrogens with one attached hydrogen (secondary N) is 3. The van der Waals surface area contributed by atoms with Gasteiger partial charge in [-0.1, -0.05) is 65.0 Å². The van der Waals surface area contributed by atoms with Crippen molar-refractivity contribution in [2.45, 2.75) is 46.5 Å². The number of carbonyl (C=O) groups is 2. The molecule has 29 heavy (non-hydrogen) atoms. The van der Waals surface area contributed by atoms with Gasteiger partial charge in [0.25, 0.3) is 5.91 Å².